The van der Waals surface area contributed by atoms with Crippen molar-refractivity contribution >= 4 is 46.8 Å². The Morgan fingerprint density at radius 3 is 2.32 bits per heavy atom. The summed E-state index contributed by atoms with van der Waals surface area (Å²) in [4.78, 5) is 56.1. The molecule has 0 aliphatic carbocycles. The van der Waals surface area contributed by atoms with Crippen LogP contribution in [0.2, 0.25) is 5.15 Å². The molecule has 2 aliphatic heterocycles. The van der Waals surface area contributed by atoms with Gasteiger partial charge in [0.25, 0.3) is 11.8 Å². The van der Waals surface area contributed by atoms with Crippen molar-refractivity contribution < 1.29 is 19.1 Å². The van der Waals surface area contributed by atoms with Gasteiger partial charge < -0.3 is 20.3 Å². The van der Waals surface area contributed by atoms with Crippen LogP contribution in [-0.4, -0.2) is 64.3 Å². The van der Waals surface area contributed by atoms with Crippen LogP contribution in [0.5, 0.6) is 5.75 Å². The lowest BCUT2D eigenvalue weighted by Gasteiger charge is -2.37. The van der Waals surface area contributed by atoms with Crippen LogP contribution < -0.4 is 20.3 Å². The highest BCUT2D eigenvalue weighted by Crippen LogP contribution is 2.39. The molecule has 0 saturated carbocycles. The van der Waals surface area contributed by atoms with E-state index < -0.39 is 11.8 Å². The Bertz CT molecular complexity index is 1430. The number of halogens is 1. The molecule has 0 radical (unpaired) electrons. The SMILES string of the molecule is COc1c(C)cnc(CN2CC(=O)N(CCN3C(=O)c4ccccc4C3=O)c3c(Cl)nc(N)nc32)c1C. The molecular weight excluding hydrogens is 498 g/mol. The van der Waals surface area contributed by atoms with Gasteiger partial charge in [0, 0.05) is 30.4 Å². The van der Waals surface area contributed by atoms with Crippen molar-refractivity contribution in [2.24, 2.45) is 0 Å². The monoisotopic (exact) mass is 521 g/mol. The number of imide groups is 1. The number of nitrogen functional groups attached to an aromatic ring is 1. The van der Waals surface area contributed by atoms with Crippen LogP contribution >= 0.6 is 11.6 Å². The zero-order valence-electron chi connectivity index (χ0n) is 20.5. The molecule has 190 valence electrons. The van der Waals surface area contributed by atoms with Gasteiger partial charge in [0.15, 0.2) is 11.0 Å². The Morgan fingerprint density at radius 1 is 1.03 bits per heavy atom. The zero-order chi connectivity index (χ0) is 26.4. The van der Waals surface area contributed by atoms with E-state index in [1.54, 1.807) is 42.5 Å². The first-order valence-electron chi connectivity index (χ1n) is 11.5. The van der Waals surface area contributed by atoms with Crippen molar-refractivity contribution in [3.63, 3.8) is 0 Å². The molecule has 0 saturated heterocycles. The van der Waals surface area contributed by atoms with Gasteiger partial charge in [-0.15, -0.1) is 0 Å². The van der Waals surface area contributed by atoms with Gasteiger partial charge in [-0.2, -0.15) is 9.97 Å². The predicted molar refractivity (Wildman–Crippen MR) is 137 cm³/mol. The molecule has 0 unspecified atom stereocenters. The fourth-order valence-corrected chi connectivity index (χ4v) is 5.03. The number of methoxy groups -OCH3 is 1. The van der Waals surface area contributed by atoms with Gasteiger partial charge >= 0.3 is 0 Å². The number of aromatic nitrogens is 3. The highest BCUT2D eigenvalue weighted by atomic mass is 35.5. The summed E-state index contributed by atoms with van der Waals surface area (Å²) in [5, 5.41) is -0.00548. The number of amides is 3. The third kappa shape index (κ3) is 4.10. The van der Waals surface area contributed by atoms with Gasteiger partial charge in [-0.05, 0) is 26.0 Å². The lowest BCUT2D eigenvalue weighted by atomic mass is 10.1. The standard InChI is InChI=1S/C25H24ClN7O4/c1-13-10-28-17(14(2)20(13)37-3)11-31-12-18(34)32(19-21(26)29-25(27)30-22(19)31)8-9-33-23(35)15-6-4-5-7-16(15)24(33)36/h4-7,10H,8-9,11-12H2,1-3H3,(H2,27,29,30). The fourth-order valence-electron chi connectivity index (χ4n) is 4.75. The second-order valence-electron chi connectivity index (χ2n) is 8.80. The van der Waals surface area contributed by atoms with Crippen molar-refractivity contribution in [2.45, 2.75) is 20.4 Å². The van der Waals surface area contributed by atoms with Crippen molar-refractivity contribution in [3.05, 3.63) is 63.6 Å². The van der Waals surface area contributed by atoms with Crippen molar-refractivity contribution in [1.29, 1.82) is 0 Å². The minimum absolute atomic E-state index is 0.00548. The number of hydrogen-bond acceptors (Lipinski definition) is 9. The molecule has 2 aromatic heterocycles. The molecule has 2 N–H and O–H groups in total. The number of aryl methyl sites for hydroxylation is 1. The maximum Gasteiger partial charge on any atom is 0.261 e. The third-order valence-corrected chi connectivity index (χ3v) is 6.82. The van der Waals surface area contributed by atoms with E-state index in [9.17, 15) is 14.4 Å². The third-order valence-electron chi connectivity index (χ3n) is 6.55. The molecule has 11 nitrogen and oxygen atoms in total. The Labute approximate surface area is 217 Å². The highest BCUT2D eigenvalue weighted by molar-refractivity contribution is 6.33. The molecule has 37 heavy (non-hydrogen) atoms. The highest BCUT2D eigenvalue weighted by Gasteiger charge is 2.38. The Kier molecular flexibility index (Phi) is 6.16. The van der Waals surface area contributed by atoms with E-state index in [0.717, 1.165) is 21.8 Å². The molecule has 0 spiro atoms. The summed E-state index contributed by atoms with van der Waals surface area (Å²) in [6.45, 7) is 4.01. The number of nitrogens with two attached hydrogens (primary N) is 1. The van der Waals surface area contributed by atoms with Crippen LogP contribution in [0.15, 0.2) is 30.5 Å². The van der Waals surface area contributed by atoms with E-state index in [0.29, 0.717) is 22.6 Å². The maximum atomic E-state index is 13.3. The van der Waals surface area contributed by atoms with E-state index in [4.69, 9.17) is 22.1 Å². The Hall–Kier alpha value is -4.25. The number of benzene rings is 1. The zero-order valence-corrected chi connectivity index (χ0v) is 21.2. The summed E-state index contributed by atoms with van der Waals surface area (Å²) in [5.41, 5.74) is 9.30. The first-order chi connectivity index (χ1) is 17.7. The average molecular weight is 522 g/mol. The van der Waals surface area contributed by atoms with Crippen molar-refractivity contribution in [3.8, 4) is 5.75 Å². The topological polar surface area (TPSA) is 135 Å². The normalized spacial score (nSPS) is 14.8. The van der Waals surface area contributed by atoms with E-state index >= 15 is 0 Å². The molecule has 0 fully saturated rings. The maximum absolute atomic E-state index is 13.3. The van der Waals surface area contributed by atoms with E-state index in [1.807, 2.05) is 13.8 Å². The smallest absolute Gasteiger partial charge is 0.261 e. The first kappa shape index (κ1) is 24.4. The molecule has 3 amide bonds. The van der Waals surface area contributed by atoms with Gasteiger partial charge in [0.1, 0.15) is 11.4 Å². The predicted octanol–water partition coefficient (Wildman–Crippen LogP) is 2.38. The van der Waals surface area contributed by atoms with Crippen LogP contribution in [0.4, 0.5) is 17.5 Å². The molecule has 0 bridgehead atoms. The molecule has 5 rings (SSSR count). The van der Waals surface area contributed by atoms with Crippen LogP contribution in [0, 0.1) is 13.8 Å². The van der Waals surface area contributed by atoms with Gasteiger partial charge in [0.05, 0.1) is 37.0 Å². The molecule has 2 aliphatic rings. The fraction of sp³-hybridized carbons (Fsp3) is 0.280. The van der Waals surface area contributed by atoms with Crippen LogP contribution in [0.3, 0.4) is 0 Å². The molecule has 4 heterocycles. The van der Waals surface area contributed by atoms with E-state index in [1.165, 1.54) is 4.90 Å². The summed E-state index contributed by atoms with van der Waals surface area (Å²) >= 11 is 6.47. The number of nitrogens with zero attached hydrogens (tertiary/aromatic N) is 6. The van der Waals surface area contributed by atoms with Crippen LogP contribution in [0.1, 0.15) is 37.5 Å². The lowest BCUT2D eigenvalue weighted by Crippen LogP contribution is -2.49. The number of anilines is 3. The number of pyridine rings is 1. The minimum atomic E-state index is -0.401. The number of carbonyl (C=O) groups excluding carboxylic acids is 3. The summed E-state index contributed by atoms with van der Waals surface area (Å²) in [7, 11) is 1.60. The number of ether oxygens (including phenoxy) is 1. The summed E-state index contributed by atoms with van der Waals surface area (Å²) in [6, 6.07) is 6.62. The van der Waals surface area contributed by atoms with Gasteiger partial charge in [-0.1, -0.05) is 23.7 Å². The van der Waals surface area contributed by atoms with Crippen molar-refractivity contribution in [1.82, 2.24) is 19.9 Å². The lowest BCUT2D eigenvalue weighted by molar-refractivity contribution is -0.117. The molecular formula is C25H24ClN7O4. The van der Waals surface area contributed by atoms with Crippen LogP contribution in [-0.2, 0) is 11.3 Å². The van der Waals surface area contributed by atoms with Crippen molar-refractivity contribution in [2.75, 3.05) is 42.3 Å². The van der Waals surface area contributed by atoms with Gasteiger partial charge in [-0.3, -0.25) is 24.3 Å². The molecule has 12 heteroatoms. The number of fused-ring (bicyclic) bond motifs is 2. The largest absolute Gasteiger partial charge is 0.496 e. The molecule has 1 aromatic carbocycles. The van der Waals surface area contributed by atoms with Gasteiger partial charge in [0.2, 0.25) is 11.9 Å². The summed E-state index contributed by atoms with van der Waals surface area (Å²) < 4.78 is 5.51. The second-order valence-corrected chi connectivity index (χ2v) is 9.16. The number of carbonyl (C=O) groups is 3. The summed E-state index contributed by atoms with van der Waals surface area (Å²) in [5.74, 6) is -0.0647. The Balaban J connectivity index is 1.44. The van der Waals surface area contributed by atoms with E-state index in [-0.39, 0.29) is 48.9 Å². The Morgan fingerprint density at radius 2 is 1.68 bits per heavy atom. The minimum Gasteiger partial charge on any atom is -0.496 e. The summed E-state index contributed by atoms with van der Waals surface area (Å²) in [6.07, 6.45) is 1.71. The second kappa shape index (κ2) is 9.32. The molecule has 0 atom stereocenters. The first-order valence-corrected chi connectivity index (χ1v) is 11.9. The average Bonchev–Trinajstić information content (AvgIpc) is 3.10. The van der Waals surface area contributed by atoms with E-state index in [2.05, 4.69) is 15.0 Å². The van der Waals surface area contributed by atoms with Gasteiger partial charge in [-0.25, -0.2) is 0 Å². The number of hydrogen-bond donors (Lipinski definition) is 1. The molecule has 3 aromatic rings. The quantitative estimate of drug-likeness (QED) is 0.383. The van der Waals surface area contributed by atoms with Crippen LogP contribution in [0.25, 0.3) is 0 Å². The number of rotatable bonds is 6.